The van der Waals surface area contributed by atoms with Crippen molar-refractivity contribution in [1.29, 1.82) is 0 Å². The lowest BCUT2D eigenvalue weighted by Crippen LogP contribution is -2.31. The molecule has 18 heavy (non-hydrogen) atoms. The van der Waals surface area contributed by atoms with Crippen molar-refractivity contribution in [1.82, 2.24) is 15.4 Å². The molecule has 0 unspecified atom stereocenters. The summed E-state index contributed by atoms with van der Waals surface area (Å²) < 4.78 is 0.949. The third kappa shape index (κ3) is 3.52. The van der Waals surface area contributed by atoms with Crippen LogP contribution in [0.1, 0.15) is 5.69 Å². The van der Waals surface area contributed by atoms with Crippen LogP contribution >= 0.6 is 15.9 Å². The smallest absolute Gasteiger partial charge is 0.118 e. The number of hydrogen-bond acceptors (Lipinski definition) is 5. The summed E-state index contributed by atoms with van der Waals surface area (Å²) in [6, 6.07) is 3.86. The Kier molecular flexibility index (Phi) is 4.71. The number of hydroxylamine groups is 1. The molecule has 2 N–H and O–H groups in total. The first kappa shape index (κ1) is 13.5. The highest BCUT2D eigenvalue weighted by atomic mass is 79.9. The van der Waals surface area contributed by atoms with Crippen molar-refractivity contribution >= 4 is 21.6 Å². The zero-order valence-corrected chi connectivity index (χ0v) is 11.7. The number of aliphatic hydroxyl groups is 1. The van der Waals surface area contributed by atoms with Crippen LogP contribution in [0.3, 0.4) is 0 Å². The maximum absolute atomic E-state index is 8.84. The van der Waals surface area contributed by atoms with Crippen LogP contribution in [0.25, 0.3) is 5.70 Å². The quantitative estimate of drug-likeness (QED) is 0.850. The fourth-order valence-corrected chi connectivity index (χ4v) is 1.96. The molecule has 98 valence electrons. The van der Waals surface area contributed by atoms with Gasteiger partial charge in [-0.1, -0.05) is 0 Å². The lowest BCUT2D eigenvalue weighted by molar-refractivity contribution is 0.0305. The van der Waals surface area contributed by atoms with E-state index < -0.39 is 0 Å². The second-order valence-corrected chi connectivity index (χ2v) is 5.10. The molecule has 0 aliphatic carbocycles. The molecule has 0 saturated heterocycles. The van der Waals surface area contributed by atoms with Crippen LogP contribution in [-0.2, 0) is 4.84 Å². The number of pyridine rings is 1. The highest BCUT2D eigenvalue weighted by Crippen LogP contribution is 2.18. The van der Waals surface area contributed by atoms with Gasteiger partial charge in [0.25, 0.3) is 0 Å². The van der Waals surface area contributed by atoms with Gasteiger partial charge in [-0.3, -0.25) is 15.3 Å². The van der Waals surface area contributed by atoms with E-state index in [1.165, 1.54) is 0 Å². The van der Waals surface area contributed by atoms with Gasteiger partial charge in [-0.05, 0) is 41.2 Å². The summed E-state index contributed by atoms with van der Waals surface area (Å²) in [5.41, 5.74) is 4.62. The molecule has 0 saturated carbocycles. The number of aliphatic hydroxyl groups excluding tert-OH is 1. The molecule has 0 spiro atoms. The van der Waals surface area contributed by atoms with Crippen molar-refractivity contribution in [3.05, 3.63) is 34.6 Å². The first-order chi connectivity index (χ1) is 8.69. The molecule has 1 aromatic heterocycles. The van der Waals surface area contributed by atoms with Crippen LogP contribution in [0.15, 0.2) is 28.9 Å². The third-order valence-corrected chi connectivity index (χ3v) is 3.12. The van der Waals surface area contributed by atoms with E-state index >= 15 is 0 Å². The molecule has 1 aromatic rings. The summed E-state index contributed by atoms with van der Waals surface area (Å²) in [5.74, 6) is 0. The Balaban J connectivity index is 1.97. The van der Waals surface area contributed by atoms with Gasteiger partial charge >= 0.3 is 0 Å². The second kappa shape index (κ2) is 6.29. The van der Waals surface area contributed by atoms with E-state index in [2.05, 4.69) is 26.4 Å². The molecule has 0 amide bonds. The fraction of sp³-hybridized carbons (Fsp3) is 0.417. The van der Waals surface area contributed by atoms with Crippen molar-refractivity contribution in [2.45, 2.75) is 6.10 Å². The summed E-state index contributed by atoms with van der Waals surface area (Å²) in [7, 11) is 1.95. The minimum Gasteiger partial charge on any atom is -0.395 e. The average molecular weight is 314 g/mol. The molecule has 1 atom stereocenters. The van der Waals surface area contributed by atoms with Gasteiger partial charge in [0.05, 0.1) is 18.0 Å². The Morgan fingerprint density at radius 1 is 1.56 bits per heavy atom. The Labute approximate surface area is 115 Å². The van der Waals surface area contributed by atoms with Crippen LogP contribution in [0, 0.1) is 0 Å². The van der Waals surface area contributed by atoms with Gasteiger partial charge in [0.2, 0.25) is 0 Å². The number of halogens is 1. The van der Waals surface area contributed by atoms with Crippen molar-refractivity contribution in [3.8, 4) is 0 Å². The highest BCUT2D eigenvalue weighted by Gasteiger charge is 2.19. The third-order valence-electron chi connectivity index (χ3n) is 2.65. The van der Waals surface area contributed by atoms with Gasteiger partial charge in [-0.15, -0.1) is 0 Å². The van der Waals surface area contributed by atoms with Crippen LogP contribution in [0.4, 0.5) is 0 Å². The van der Waals surface area contributed by atoms with Crippen LogP contribution < -0.4 is 5.48 Å². The number of nitrogens with zero attached hydrogens (tertiary/aromatic N) is 2. The second-order valence-electron chi connectivity index (χ2n) is 4.19. The molecule has 0 radical (unpaired) electrons. The van der Waals surface area contributed by atoms with Gasteiger partial charge in [0.15, 0.2) is 0 Å². The molecule has 2 heterocycles. The first-order valence-corrected chi connectivity index (χ1v) is 6.53. The van der Waals surface area contributed by atoms with Crippen molar-refractivity contribution in [2.75, 3.05) is 26.7 Å². The summed E-state index contributed by atoms with van der Waals surface area (Å²) in [5, 5.41) is 8.84. The van der Waals surface area contributed by atoms with Gasteiger partial charge in [-0.25, -0.2) is 0 Å². The lowest BCUT2D eigenvalue weighted by atomic mass is 10.2. The van der Waals surface area contributed by atoms with Gasteiger partial charge in [0.1, 0.15) is 6.10 Å². The summed E-state index contributed by atoms with van der Waals surface area (Å²) >= 11 is 3.35. The number of aromatic nitrogens is 1. The van der Waals surface area contributed by atoms with Gasteiger partial charge in [0, 0.05) is 23.8 Å². The zero-order chi connectivity index (χ0) is 13.0. The highest BCUT2D eigenvalue weighted by molar-refractivity contribution is 9.10. The molecule has 0 bridgehead atoms. The Hall–Kier alpha value is -0.950. The van der Waals surface area contributed by atoms with E-state index in [1.54, 1.807) is 6.20 Å². The molecule has 0 aromatic carbocycles. The van der Waals surface area contributed by atoms with Crippen molar-refractivity contribution in [2.24, 2.45) is 0 Å². The van der Waals surface area contributed by atoms with Gasteiger partial charge < -0.3 is 10.0 Å². The molecule has 0 fully saturated rings. The van der Waals surface area contributed by atoms with Crippen LogP contribution in [0.2, 0.25) is 0 Å². The molecular formula is C12H16BrN3O2. The van der Waals surface area contributed by atoms with E-state index in [1.807, 2.05) is 30.2 Å². The minimum atomic E-state index is -0.0259. The SMILES string of the molecule is CN(CCO)C[C@@H]1C=C(c2ccc(Br)cn2)NO1. The fourth-order valence-electron chi connectivity index (χ4n) is 1.73. The standard InChI is InChI=1S/C12H16BrN3O2/c1-16(4-5-17)8-10-6-12(15-18-10)11-3-2-9(13)7-14-11/h2-3,6-7,10,15,17H,4-5,8H2,1H3/t10-/m0/s1. The molecular weight excluding hydrogens is 298 g/mol. The van der Waals surface area contributed by atoms with E-state index in [9.17, 15) is 0 Å². The summed E-state index contributed by atoms with van der Waals surface area (Å²) in [6.07, 6.45) is 3.73. The molecule has 1 aliphatic heterocycles. The predicted octanol–water partition coefficient (Wildman–Crippen LogP) is 1.01. The molecule has 6 heteroatoms. The summed E-state index contributed by atoms with van der Waals surface area (Å²) in [4.78, 5) is 11.8. The van der Waals surface area contributed by atoms with Gasteiger partial charge in [-0.2, -0.15) is 0 Å². The van der Waals surface area contributed by atoms with Crippen molar-refractivity contribution < 1.29 is 9.94 Å². The Morgan fingerprint density at radius 3 is 3.06 bits per heavy atom. The predicted molar refractivity (Wildman–Crippen MR) is 72.5 cm³/mol. The van der Waals surface area contributed by atoms with E-state index in [0.29, 0.717) is 6.54 Å². The topological polar surface area (TPSA) is 57.6 Å². The zero-order valence-electron chi connectivity index (χ0n) is 10.1. The normalized spacial score (nSPS) is 18.9. The van der Waals surface area contributed by atoms with E-state index in [-0.39, 0.29) is 12.7 Å². The van der Waals surface area contributed by atoms with E-state index in [0.717, 1.165) is 22.4 Å². The Bertz CT molecular complexity index is 422. The average Bonchev–Trinajstić information content (AvgIpc) is 2.78. The molecule has 1 aliphatic rings. The Morgan fingerprint density at radius 2 is 2.39 bits per heavy atom. The van der Waals surface area contributed by atoms with E-state index in [4.69, 9.17) is 9.94 Å². The number of rotatable bonds is 5. The maximum Gasteiger partial charge on any atom is 0.118 e. The number of likely N-dealkylation sites (N-methyl/N-ethyl adjacent to an activating group) is 1. The van der Waals surface area contributed by atoms with Crippen LogP contribution in [-0.4, -0.2) is 47.8 Å². The first-order valence-electron chi connectivity index (χ1n) is 5.74. The monoisotopic (exact) mass is 313 g/mol. The lowest BCUT2D eigenvalue weighted by Gasteiger charge is -2.17. The number of nitrogens with one attached hydrogen (secondary N) is 1. The molecule has 5 nitrogen and oxygen atoms in total. The number of hydrogen-bond donors (Lipinski definition) is 2. The maximum atomic E-state index is 8.84. The largest absolute Gasteiger partial charge is 0.395 e. The molecule has 2 rings (SSSR count). The van der Waals surface area contributed by atoms with Crippen molar-refractivity contribution in [3.63, 3.8) is 0 Å². The van der Waals surface area contributed by atoms with Crippen LogP contribution in [0.5, 0.6) is 0 Å². The minimum absolute atomic E-state index is 0.0259. The summed E-state index contributed by atoms with van der Waals surface area (Å²) in [6.45, 7) is 1.52.